The number of aromatic amines is 2. The Morgan fingerprint density at radius 2 is 1.19 bits per heavy atom. The van der Waals surface area contributed by atoms with Gasteiger partial charge in [0.25, 0.3) is 0 Å². The predicted octanol–water partition coefficient (Wildman–Crippen LogP) is 6.36. The number of amides is 4. The Labute approximate surface area is 330 Å². The number of methoxy groups -OCH3 is 2. The maximum Gasteiger partial charge on any atom is 0.407 e. The van der Waals surface area contributed by atoms with Gasteiger partial charge in [-0.05, 0) is 67.3 Å². The average Bonchev–Trinajstić information content (AvgIpc) is 4.06. The lowest BCUT2D eigenvalue weighted by Gasteiger charge is -2.30. The lowest BCUT2D eigenvalue weighted by Crippen LogP contribution is -2.51. The van der Waals surface area contributed by atoms with E-state index >= 15 is 0 Å². The van der Waals surface area contributed by atoms with Crippen LogP contribution in [0.15, 0.2) is 59.3 Å². The zero-order chi connectivity index (χ0) is 40.4. The number of hydrogen-bond acceptors (Lipinski definition) is 10. The quantitative estimate of drug-likeness (QED) is 0.117. The number of ether oxygens (including phenoxy) is 2. The van der Waals surface area contributed by atoms with Gasteiger partial charge in [0.1, 0.15) is 29.2 Å². The molecule has 5 aromatic rings. The molecule has 4 atom stereocenters. The number of hydrogen-bond donors (Lipinski definition) is 4. The maximum atomic E-state index is 13.6. The van der Waals surface area contributed by atoms with Crippen molar-refractivity contribution in [1.82, 2.24) is 45.4 Å². The highest BCUT2D eigenvalue weighted by Gasteiger charge is 2.39. The fourth-order valence-corrected chi connectivity index (χ4v) is 7.70. The van der Waals surface area contributed by atoms with Crippen molar-refractivity contribution in [2.24, 2.45) is 11.8 Å². The van der Waals surface area contributed by atoms with Gasteiger partial charge in [-0.25, -0.2) is 24.5 Å². The van der Waals surface area contributed by atoms with Gasteiger partial charge in [0.15, 0.2) is 5.58 Å². The second-order valence-electron chi connectivity index (χ2n) is 15.2. The number of alkyl carbamates (subject to hydrolysis) is 2. The van der Waals surface area contributed by atoms with Crippen molar-refractivity contribution in [3.63, 3.8) is 0 Å². The molecule has 2 saturated heterocycles. The van der Waals surface area contributed by atoms with E-state index in [0.717, 1.165) is 53.8 Å². The summed E-state index contributed by atoms with van der Waals surface area (Å²) < 4.78 is 15.8. The summed E-state index contributed by atoms with van der Waals surface area (Å²) in [5.74, 6) is 1.30. The van der Waals surface area contributed by atoms with E-state index in [-0.39, 0.29) is 35.7 Å². The van der Waals surface area contributed by atoms with Gasteiger partial charge in [-0.3, -0.25) is 9.59 Å². The van der Waals surface area contributed by atoms with E-state index in [2.05, 4.69) is 30.6 Å². The van der Waals surface area contributed by atoms with Crippen LogP contribution in [0, 0.1) is 11.8 Å². The summed E-state index contributed by atoms with van der Waals surface area (Å²) in [6.07, 6.45) is 5.43. The number of fused-ring (bicyclic) bond motifs is 1. The van der Waals surface area contributed by atoms with Gasteiger partial charge in [-0.15, -0.1) is 0 Å². The molecule has 2 fully saturated rings. The fraction of sp³-hybridized carbons (Fsp3) is 0.439. The number of likely N-dealkylation sites (tertiary alicyclic amines) is 2. The van der Waals surface area contributed by atoms with Crippen LogP contribution >= 0.6 is 0 Å². The first kappa shape index (κ1) is 39.1. The van der Waals surface area contributed by atoms with Gasteiger partial charge in [0.05, 0.1) is 50.1 Å². The van der Waals surface area contributed by atoms with E-state index in [4.69, 9.17) is 18.9 Å². The van der Waals surface area contributed by atoms with Crippen LogP contribution < -0.4 is 10.6 Å². The van der Waals surface area contributed by atoms with E-state index in [9.17, 15) is 19.2 Å². The molecule has 2 aliphatic heterocycles. The molecule has 4 N–H and O–H groups in total. The largest absolute Gasteiger partial charge is 0.453 e. The summed E-state index contributed by atoms with van der Waals surface area (Å²) in [5.41, 5.74) is 5.49. The zero-order valence-corrected chi connectivity index (χ0v) is 33.0. The van der Waals surface area contributed by atoms with Crippen molar-refractivity contribution in [3.05, 3.63) is 66.5 Å². The number of benzene rings is 2. The summed E-state index contributed by atoms with van der Waals surface area (Å²) in [4.78, 5) is 75.5. The van der Waals surface area contributed by atoms with E-state index in [1.54, 1.807) is 22.2 Å². The molecular weight excluding hydrogens is 731 g/mol. The van der Waals surface area contributed by atoms with E-state index in [1.807, 2.05) is 70.2 Å². The Morgan fingerprint density at radius 3 is 1.68 bits per heavy atom. The number of nitrogens with zero attached hydrogens (tertiary/aromatic N) is 5. The summed E-state index contributed by atoms with van der Waals surface area (Å²) in [6, 6.07) is 11.7. The third-order valence-electron chi connectivity index (χ3n) is 10.8. The van der Waals surface area contributed by atoms with Crippen molar-refractivity contribution in [3.8, 4) is 34.0 Å². The van der Waals surface area contributed by atoms with E-state index in [1.165, 1.54) is 14.2 Å². The van der Waals surface area contributed by atoms with Crippen LogP contribution in [0.4, 0.5) is 9.59 Å². The standard InChI is InChI=1S/C41H49N9O7/c1-22(2)33(47-40(53)55-5)38(51)49-17-7-9-30(49)35-42-20-28(44-35)24-11-13-25(14-12-24)37-46-27-16-15-26(19-32(27)57-37)29-21-43-36(45-29)31-10-8-18-50(31)39(52)34(23(3)4)48-41(54)56-6/h11-16,19-23,30-31,33-34H,7-10,17-18H2,1-6H3,(H,42,44)(H,43,45)(H,47,53)(H,48,54)/t30-,31-,33-,34-/m0/s1. The van der Waals surface area contributed by atoms with Crippen molar-refractivity contribution in [2.75, 3.05) is 27.3 Å². The van der Waals surface area contributed by atoms with Crippen LogP contribution in [0.25, 0.3) is 45.1 Å². The zero-order valence-electron chi connectivity index (χ0n) is 33.0. The summed E-state index contributed by atoms with van der Waals surface area (Å²) >= 11 is 0. The SMILES string of the molecule is COC(=O)N[C@H](C(=O)N1CCC[C@H]1c1ncc(-c2ccc(-c3nc4ccc(-c5cnc([C@@H]6CCCN6C(=O)[C@@H](NC(=O)OC)C(C)C)[nH]5)cc4o3)cc2)[nH]1)C(C)C. The van der Waals surface area contributed by atoms with Gasteiger partial charge < -0.3 is 44.3 Å². The molecule has 16 nitrogen and oxygen atoms in total. The molecule has 0 radical (unpaired) electrons. The van der Waals surface area contributed by atoms with Crippen LogP contribution in [0.1, 0.15) is 77.1 Å². The molecule has 2 aliphatic rings. The topological polar surface area (TPSA) is 201 Å². The van der Waals surface area contributed by atoms with Crippen LogP contribution in [0.3, 0.4) is 0 Å². The van der Waals surface area contributed by atoms with Crippen LogP contribution in [-0.2, 0) is 19.1 Å². The third kappa shape index (κ3) is 8.07. The second kappa shape index (κ2) is 16.5. The van der Waals surface area contributed by atoms with Gasteiger partial charge in [0.2, 0.25) is 17.7 Å². The highest BCUT2D eigenvalue weighted by atomic mass is 16.5. The molecule has 3 aromatic heterocycles. The number of H-pyrrole nitrogens is 2. The maximum absolute atomic E-state index is 13.6. The Morgan fingerprint density at radius 1 is 0.719 bits per heavy atom. The number of imidazole rings is 2. The summed E-state index contributed by atoms with van der Waals surface area (Å²) in [6.45, 7) is 8.71. The van der Waals surface area contributed by atoms with Crippen molar-refractivity contribution in [2.45, 2.75) is 77.5 Å². The summed E-state index contributed by atoms with van der Waals surface area (Å²) in [5, 5.41) is 5.37. The number of carbonyl (C=O) groups excluding carboxylic acids is 4. The van der Waals surface area contributed by atoms with Gasteiger partial charge in [-0.2, -0.15) is 0 Å². The van der Waals surface area contributed by atoms with Crippen LogP contribution in [-0.4, -0.2) is 98.1 Å². The monoisotopic (exact) mass is 779 g/mol. The molecular formula is C41H49N9O7. The van der Waals surface area contributed by atoms with Gasteiger partial charge in [0, 0.05) is 24.2 Å². The highest BCUT2D eigenvalue weighted by molar-refractivity contribution is 5.87. The minimum atomic E-state index is -0.709. The second-order valence-corrected chi connectivity index (χ2v) is 15.2. The minimum Gasteiger partial charge on any atom is -0.453 e. The van der Waals surface area contributed by atoms with Crippen molar-refractivity contribution in [1.29, 1.82) is 0 Å². The predicted molar refractivity (Wildman–Crippen MR) is 210 cm³/mol. The minimum absolute atomic E-state index is 0.118. The smallest absolute Gasteiger partial charge is 0.407 e. The molecule has 2 aromatic carbocycles. The van der Waals surface area contributed by atoms with Gasteiger partial charge in [-0.1, -0.05) is 45.9 Å². The molecule has 57 heavy (non-hydrogen) atoms. The molecule has 0 aliphatic carbocycles. The Kier molecular flexibility index (Phi) is 11.3. The normalized spacial score (nSPS) is 18.0. The number of carbonyl (C=O) groups is 4. The molecule has 0 spiro atoms. The van der Waals surface area contributed by atoms with E-state index in [0.29, 0.717) is 41.7 Å². The molecule has 5 heterocycles. The lowest BCUT2D eigenvalue weighted by atomic mass is 10.0. The van der Waals surface area contributed by atoms with Crippen molar-refractivity contribution >= 4 is 35.1 Å². The molecule has 16 heteroatoms. The number of rotatable bonds is 11. The molecule has 4 amide bonds. The lowest BCUT2D eigenvalue weighted by molar-refractivity contribution is -0.136. The first-order valence-corrected chi connectivity index (χ1v) is 19.4. The third-order valence-corrected chi connectivity index (χ3v) is 10.8. The molecule has 0 bridgehead atoms. The van der Waals surface area contributed by atoms with Gasteiger partial charge >= 0.3 is 12.2 Å². The van der Waals surface area contributed by atoms with Crippen molar-refractivity contribution < 1.29 is 33.1 Å². The highest BCUT2D eigenvalue weighted by Crippen LogP contribution is 2.35. The first-order valence-electron chi connectivity index (χ1n) is 19.4. The Balaban J connectivity index is 1.03. The van der Waals surface area contributed by atoms with Crippen LogP contribution in [0.5, 0.6) is 0 Å². The fourth-order valence-electron chi connectivity index (χ4n) is 7.70. The molecule has 7 rings (SSSR count). The molecule has 0 saturated carbocycles. The average molecular weight is 780 g/mol. The van der Waals surface area contributed by atoms with Crippen LogP contribution in [0.2, 0.25) is 0 Å². The molecule has 0 unspecified atom stereocenters. The Bertz CT molecular complexity index is 2240. The number of oxazole rings is 1. The van der Waals surface area contributed by atoms with E-state index < -0.39 is 24.3 Å². The number of nitrogens with one attached hydrogen (secondary N) is 4. The first-order chi connectivity index (χ1) is 27.4. The summed E-state index contributed by atoms with van der Waals surface area (Å²) in [7, 11) is 2.56. The Hall–Kier alpha value is -6.19. The molecule has 300 valence electrons. The number of aromatic nitrogens is 5.